The van der Waals surface area contributed by atoms with Crippen molar-refractivity contribution in [3.63, 3.8) is 0 Å². The molecule has 234 valence electrons. The highest BCUT2D eigenvalue weighted by molar-refractivity contribution is 8.14. The maximum atomic E-state index is 12.3. The fourth-order valence-corrected chi connectivity index (χ4v) is 4.31. The Morgan fingerprint density at radius 1 is 1.05 bits per heavy atom. The summed E-state index contributed by atoms with van der Waals surface area (Å²) < 4.78 is 40.9. The highest BCUT2D eigenvalue weighted by atomic mass is 32.2. The number of amides is 1. The number of carbonyl (C=O) groups excluding carboxylic acids is 1. The predicted molar refractivity (Wildman–Crippen MR) is 172 cm³/mol. The summed E-state index contributed by atoms with van der Waals surface area (Å²) in [5.74, 6) is 6.08. The molecule has 4 N–H and O–H groups in total. The first kappa shape index (κ1) is 34.1. The van der Waals surface area contributed by atoms with Gasteiger partial charge in [0.1, 0.15) is 12.1 Å². The molecule has 0 aliphatic heterocycles. The summed E-state index contributed by atoms with van der Waals surface area (Å²) in [5, 5.41) is 8.95. The van der Waals surface area contributed by atoms with E-state index in [9.17, 15) is 18.0 Å². The first-order chi connectivity index (χ1) is 20.9. The van der Waals surface area contributed by atoms with Crippen LogP contribution in [0.4, 0.5) is 24.5 Å². The van der Waals surface area contributed by atoms with E-state index < -0.39 is 6.36 Å². The number of hydrogen-bond acceptors (Lipinski definition) is 7. The highest BCUT2D eigenvalue weighted by Crippen LogP contribution is 2.25. The number of thioether (sulfide) groups is 1. The molecule has 0 spiro atoms. The molecule has 0 aliphatic carbocycles. The van der Waals surface area contributed by atoms with Crippen molar-refractivity contribution in [3.8, 4) is 5.75 Å². The first-order valence-corrected chi connectivity index (χ1v) is 14.7. The van der Waals surface area contributed by atoms with Gasteiger partial charge in [0.05, 0.1) is 29.9 Å². The number of hydrogen-bond donors (Lipinski definition) is 3. The van der Waals surface area contributed by atoms with Crippen molar-refractivity contribution >= 4 is 46.8 Å². The van der Waals surface area contributed by atoms with E-state index in [1.165, 1.54) is 47.4 Å². The molecule has 0 heterocycles. The Morgan fingerprint density at radius 3 is 2.32 bits per heavy atom. The number of rotatable bonds is 12. The lowest BCUT2D eigenvalue weighted by Crippen LogP contribution is -2.30. The van der Waals surface area contributed by atoms with Gasteiger partial charge >= 0.3 is 6.36 Å². The summed E-state index contributed by atoms with van der Waals surface area (Å²) in [6, 6.07) is 18.6. The minimum atomic E-state index is -4.76. The van der Waals surface area contributed by atoms with Crippen LogP contribution >= 0.6 is 11.8 Å². The third kappa shape index (κ3) is 12.1. The van der Waals surface area contributed by atoms with Crippen LogP contribution in [0.15, 0.2) is 81.8 Å². The van der Waals surface area contributed by atoms with Crippen molar-refractivity contribution in [3.05, 3.63) is 89.0 Å². The molecular formula is C31H36F3N7O2S. The molecule has 0 saturated carbocycles. The van der Waals surface area contributed by atoms with Crippen LogP contribution in [0, 0.1) is 19.8 Å². The average molecular weight is 628 g/mol. The summed E-state index contributed by atoms with van der Waals surface area (Å²) in [7, 11) is 0. The number of alkyl halides is 3. The van der Waals surface area contributed by atoms with Gasteiger partial charge < -0.3 is 10.1 Å². The quantitative estimate of drug-likeness (QED) is 0.0950. The Kier molecular flexibility index (Phi) is 12.8. The van der Waals surface area contributed by atoms with Crippen LogP contribution in [0.3, 0.4) is 0 Å². The number of para-hydroxylation sites is 1. The minimum absolute atomic E-state index is 0.0758. The zero-order chi connectivity index (χ0) is 32.1. The topological polar surface area (TPSA) is 117 Å². The fraction of sp³-hybridized carbons (Fsp3) is 0.290. The van der Waals surface area contributed by atoms with E-state index in [1.807, 2.05) is 70.2 Å². The molecule has 3 aromatic carbocycles. The molecule has 3 rings (SSSR count). The number of carbonyl (C=O) groups is 1. The van der Waals surface area contributed by atoms with Crippen LogP contribution in [0.5, 0.6) is 5.75 Å². The van der Waals surface area contributed by atoms with E-state index in [0.717, 1.165) is 27.9 Å². The van der Waals surface area contributed by atoms with Crippen molar-refractivity contribution < 1.29 is 22.7 Å². The van der Waals surface area contributed by atoms with Crippen LogP contribution in [0.2, 0.25) is 0 Å². The molecule has 0 aromatic heterocycles. The molecule has 0 fully saturated rings. The molecule has 0 radical (unpaired) electrons. The zero-order valence-corrected chi connectivity index (χ0v) is 25.7. The van der Waals surface area contributed by atoms with Crippen molar-refractivity contribution in [2.24, 2.45) is 26.8 Å². The normalized spacial score (nSPS) is 12.2. The number of aliphatic imine (C=N–C) groups is 2. The number of aryl methyl sites for hydroxylation is 2. The van der Waals surface area contributed by atoms with Gasteiger partial charge in [0.2, 0.25) is 5.91 Å². The van der Waals surface area contributed by atoms with E-state index >= 15 is 0 Å². The molecule has 0 aliphatic rings. The Hall–Kier alpha value is -4.36. The van der Waals surface area contributed by atoms with E-state index in [4.69, 9.17) is 10.8 Å². The van der Waals surface area contributed by atoms with Crippen LogP contribution in [-0.2, 0) is 11.3 Å². The van der Waals surface area contributed by atoms with Gasteiger partial charge in [-0.05, 0) is 66.3 Å². The highest BCUT2D eigenvalue weighted by Gasteiger charge is 2.31. The third-order valence-electron chi connectivity index (χ3n) is 5.90. The van der Waals surface area contributed by atoms with E-state index in [1.54, 1.807) is 6.21 Å². The molecule has 13 heteroatoms. The summed E-state index contributed by atoms with van der Waals surface area (Å²) >= 11 is 1.28. The van der Waals surface area contributed by atoms with Gasteiger partial charge in [0.25, 0.3) is 0 Å². The van der Waals surface area contributed by atoms with Gasteiger partial charge in [-0.3, -0.25) is 20.2 Å². The second kappa shape index (κ2) is 16.5. The van der Waals surface area contributed by atoms with Crippen LogP contribution in [0.1, 0.15) is 36.1 Å². The number of nitrogens with one attached hydrogen (secondary N) is 2. The Labute approximate surface area is 259 Å². The lowest BCUT2D eigenvalue weighted by atomic mass is 10.1. The van der Waals surface area contributed by atoms with Gasteiger partial charge in [-0.25, -0.2) is 10.8 Å². The molecule has 3 aromatic rings. The van der Waals surface area contributed by atoms with Crippen molar-refractivity contribution in [2.45, 2.75) is 40.6 Å². The predicted octanol–water partition coefficient (Wildman–Crippen LogP) is 6.23. The second-order valence-electron chi connectivity index (χ2n) is 10.2. The van der Waals surface area contributed by atoms with Gasteiger partial charge in [0, 0.05) is 6.54 Å². The number of halogens is 3. The maximum Gasteiger partial charge on any atom is 0.573 e. The smallest absolute Gasteiger partial charge is 0.406 e. The molecule has 0 saturated heterocycles. The number of hydrazine groups is 1. The maximum absolute atomic E-state index is 12.3. The summed E-state index contributed by atoms with van der Waals surface area (Å²) in [4.78, 5) is 21.3. The van der Waals surface area contributed by atoms with Gasteiger partial charge in [-0.15, -0.1) is 13.2 Å². The third-order valence-corrected chi connectivity index (χ3v) is 6.76. The van der Waals surface area contributed by atoms with Gasteiger partial charge in [-0.2, -0.15) is 5.10 Å². The fourth-order valence-electron chi connectivity index (χ4n) is 3.67. The van der Waals surface area contributed by atoms with Crippen molar-refractivity contribution in [1.29, 1.82) is 0 Å². The lowest BCUT2D eigenvalue weighted by molar-refractivity contribution is -0.274. The number of amidine groups is 1. The molecule has 0 unspecified atom stereocenters. The Bertz CT molecular complexity index is 1440. The SMILES string of the molecule is Cc1cccc(C)c1N=C(N/N=C/c1ccc(CN=CN(N)c2ccc(OC(F)(F)F)cc2)cc1)SCC(=O)NCC(C)C. The number of nitrogens with zero attached hydrogens (tertiary/aromatic N) is 4. The molecule has 1 amide bonds. The number of hydrazone groups is 1. The number of benzene rings is 3. The number of nitrogens with two attached hydrogens (primary N) is 1. The molecular weight excluding hydrogens is 591 g/mol. The zero-order valence-electron chi connectivity index (χ0n) is 24.9. The number of anilines is 1. The molecule has 44 heavy (non-hydrogen) atoms. The van der Waals surface area contributed by atoms with Crippen LogP contribution in [-0.4, -0.2) is 42.3 Å². The summed E-state index contributed by atoms with van der Waals surface area (Å²) in [5.41, 5.74) is 8.02. The standard InChI is InChI=1S/C31H36F3N7O2S/c1-21(2)16-37-28(42)19-44-30(39-29-22(3)6-5-7-23(29)4)40-38-18-25-10-8-24(9-11-25)17-36-20-41(35)26-12-14-27(15-13-26)43-31(32,33)34/h5-15,18,20-21H,16-17,19,35H2,1-4H3,(H,37,42)(H,39,40)/b36-20?,38-18+. The van der Waals surface area contributed by atoms with Gasteiger partial charge in [0.15, 0.2) is 5.17 Å². The molecule has 0 bridgehead atoms. The Balaban J connectivity index is 1.58. The van der Waals surface area contributed by atoms with Crippen molar-refractivity contribution in [2.75, 3.05) is 17.3 Å². The average Bonchev–Trinajstić information content (AvgIpc) is 2.96. The van der Waals surface area contributed by atoms with E-state index in [2.05, 4.69) is 25.6 Å². The largest absolute Gasteiger partial charge is 0.573 e. The molecule has 0 atom stereocenters. The molecule has 9 nitrogen and oxygen atoms in total. The van der Waals surface area contributed by atoms with Gasteiger partial charge in [-0.1, -0.05) is 68.1 Å². The summed E-state index contributed by atoms with van der Waals surface area (Å²) in [6.45, 7) is 8.99. The number of ether oxygens (including phenoxy) is 1. The second-order valence-corrected chi connectivity index (χ2v) is 11.1. The van der Waals surface area contributed by atoms with Crippen LogP contribution in [0.25, 0.3) is 0 Å². The van der Waals surface area contributed by atoms with E-state index in [-0.39, 0.29) is 17.4 Å². The summed E-state index contributed by atoms with van der Waals surface area (Å²) in [6.07, 6.45) is -1.72. The van der Waals surface area contributed by atoms with Crippen molar-refractivity contribution in [1.82, 2.24) is 10.7 Å². The Morgan fingerprint density at radius 2 is 1.70 bits per heavy atom. The first-order valence-electron chi connectivity index (χ1n) is 13.7. The lowest BCUT2D eigenvalue weighted by Gasteiger charge is -2.14. The van der Waals surface area contributed by atoms with Crippen LogP contribution < -0.4 is 26.3 Å². The minimum Gasteiger partial charge on any atom is -0.406 e. The van der Waals surface area contributed by atoms with E-state index in [0.29, 0.717) is 29.9 Å². The monoisotopic (exact) mass is 627 g/mol.